The van der Waals surface area contributed by atoms with Crippen LogP contribution in [0.3, 0.4) is 0 Å². The maximum Gasteiger partial charge on any atom is 0.239 e. The second-order valence-corrected chi connectivity index (χ2v) is 7.85. The number of ether oxygens (including phenoxy) is 2. The van der Waals surface area contributed by atoms with Crippen LogP contribution in [0.1, 0.15) is 6.42 Å². The second-order valence-electron chi connectivity index (χ2n) is 5.87. The zero-order valence-electron chi connectivity index (χ0n) is 15.4. The van der Waals surface area contributed by atoms with E-state index in [1.807, 2.05) is 19.0 Å². The van der Waals surface area contributed by atoms with Gasteiger partial charge in [-0.15, -0.1) is 0 Å². The quantitative estimate of drug-likeness (QED) is 0.654. The van der Waals surface area contributed by atoms with Crippen molar-refractivity contribution in [2.24, 2.45) is 0 Å². The molecular weight excluding hydrogens is 346 g/mol. The lowest BCUT2D eigenvalue weighted by molar-refractivity contribution is -0.116. The lowest BCUT2D eigenvalue weighted by atomic mass is 10.2. The van der Waals surface area contributed by atoms with Crippen LogP contribution in [0.5, 0.6) is 11.5 Å². The molecule has 0 saturated heterocycles. The van der Waals surface area contributed by atoms with E-state index in [2.05, 4.69) is 5.32 Å². The monoisotopic (exact) mass is 373 g/mol. The van der Waals surface area contributed by atoms with Gasteiger partial charge in [-0.2, -0.15) is 4.31 Å². The summed E-state index contributed by atoms with van der Waals surface area (Å²) >= 11 is 0. The number of methoxy groups -OCH3 is 2. The van der Waals surface area contributed by atoms with Crippen LogP contribution in [0.25, 0.3) is 0 Å². The lowest BCUT2D eigenvalue weighted by Gasteiger charge is -2.21. The van der Waals surface area contributed by atoms with Crippen LogP contribution in [0.15, 0.2) is 18.2 Å². The predicted octanol–water partition coefficient (Wildman–Crippen LogP) is 0.856. The van der Waals surface area contributed by atoms with E-state index in [-0.39, 0.29) is 13.1 Å². The van der Waals surface area contributed by atoms with Crippen molar-refractivity contribution in [3.8, 4) is 11.5 Å². The van der Waals surface area contributed by atoms with Gasteiger partial charge in [-0.3, -0.25) is 4.79 Å². The summed E-state index contributed by atoms with van der Waals surface area (Å²) < 4.78 is 35.3. The Morgan fingerprint density at radius 1 is 1.16 bits per heavy atom. The third-order valence-corrected chi connectivity index (χ3v) is 4.73. The zero-order chi connectivity index (χ0) is 19.0. The average molecular weight is 373 g/mol. The van der Waals surface area contributed by atoms with Crippen molar-refractivity contribution in [3.63, 3.8) is 0 Å². The molecule has 0 heterocycles. The number of hydrogen-bond donors (Lipinski definition) is 1. The molecule has 0 radical (unpaired) electrons. The number of hydrogen-bond acceptors (Lipinski definition) is 6. The predicted molar refractivity (Wildman–Crippen MR) is 97.8 cm³/mol. The van der Waals surface area contributed by atoms with Crippen LogP contribution in [0.4, 0.5) is 5.69 Å². The maximum atomic E-state index is 12.3. The average Bonchev–Trinajstić information content (AvgIpc) is 2.52. The third kappa shape index (κ3) is 7.29. The minimum Gasteiger partial charge on any atom is -0.497 e. The minimum atomic E-state index is -3.48. The molecule has 0 unspecified atom stereocenters. The Bertz CT molecular complexity index is 676. The highest BCUT2D eigenvalue weighted by atomic mass is 32.2. The maximum absolute atomic E-state index is 12.3. The fourth-order valence-electron chi connectivity index (χ4n) is 2.19. The summed E-state index contributed by atoms with van der Waals surface area (Å²) in [6.45, 7) is 0.754. The van der Waals surface area contributed by atoms with Crippen LogP contribution in [-0.2, 0) is 14.8 Å². The molecule has 1 rings (SSSR count). The number of nitrogens with one attached hydrogen (secondary N) is 1. The van der Waals surface area contributed by atoms with Crippen LogP contribution >= 0.6 is 0 Å². The van der Waals surface area contributed by atoms with Crippen molar-refractivity contribution in [2.45, 2.75) is 6.42 Å². The fraction of sp³-hybridized carbons (Fsp3) is 0.562. The molecule has 25 heavy (non-hydrogen) atoms. The van der Waals surface area contributed by atoms with Crippen LogP contribution in [0, 0.1) is 0 Å². The number of carbonyl (C=O) groups is 1. The Morgan fingerprint density at radius 2 is 1.84 bits per heavy atom. The lowest BCUT2D eigenvalue weighted by Crippen LogP contribution is -2.38. The fourth-order valence-corrected chi connectivity index (χ4v) is 3.00. The first-order valence-corrected chi connectivity index (χ1v) is 9.64. The number of rotatable bonds is 10. The molecule has 0 bridgehead atoms. The molecule has 142 valence electrons. The third-order valence-electron chi connectivity index (χ3n) is 3.48. The Kier molecular flexibility index (Phi) is 8.14. The van der Waals surface area contributed by atoms with Crippen LogP contribution < -0.4 is 14.8 Å². The summed E-state index contributed by atoms with van der Waals surface area (Å²) in [5.41, 5.74) is 0.425. The SMILES string of the molecule is COc1ccc(OC)c(NC(=O)CN(CCCN(C)C)S(C)(=O)=O)c1. The van der Waals surface area contributed by atoms with Gasteiger partial charge in [0.15, 0.2) is 0 Å². The summed E-state index contributed by atoms with van der Waals surface area (Å²) in [5.74, 6) is 0.580. The molecule has 8 nitrogen and oxygen atoms in total. The Morgan fingerprint density at radius 3 is 2.36 bits per heavy atom. The molecule has 1 aromatic carbocycles. The Hall–Kier alpha value is -1.84. The number of carbonyl (C=O) groups excluding carboxylic acids is 1. The highest BCUT2D eigenvalue weighted by Gasteiger charge is 2.20. The number of amides is 1. The molecule has 1 N–H and O–H groups in total. The summed E-state index contributed by atoms with van der Waals surface area (Å²) in [5, 5.41) is 2.68. The first-order chi connectivity index (χ1) is 11.7. The van der Waals surface area contributed by atoms with Crippen molar-refractivity contribution < 1.29 is 22.7 Å². The summed E-state index contributed by atoms with van der Waals surface area (Å²) in [6.07, 6.45) is 1.73. The normalized spacial score (nSPS) is 11.6. The first kappa shape index (κ1) is 21.2. The molecule has 0 fully saturated rings. The largest absolute Gasteiger partial charge is 0.497 e. The number of sulfonamides is 1. The highest BCUT2D eigenvalue weighted by molar-refractivity contribution is 7.88. The van der Waals surface area contributed by atoms with Gasteiger partial charge in [-0.25, -0.2) is 8.42 Å². The number of nitrogens with zero attached hydrogens (tertiary/aromatic N) is 2. The van der Waals surface area contributed by atoms with E-state index in [1.54, 1.807) is 18.2 Å². The van der Waals surface area contributed by atoms with E-state index < -0.39 is 15.9 Å². The first-order valence-electron chi connectivity index (χ1n) is 7.79. The number of anilines is 1. The van der Waals surface area contributed by atoms with Gasteiger partial charge in [-0.05, 0) is 39.2 Å². The molecule has 0 aliphatic heterocycles. The van der Waals surface area contributed by atoms with Crippen molar-refractivity contribution >= 4 is 21.6 Å². The van der Waals surface area contributed by atoms with Gasteiger partial charge in [-0.1, -0.05) is 0 Å². The van der Waals surface area contributed by atoms with E-state index >= 15 is 0 Å². The molecule has 0 aliphatic rings. The van der Waals surface area contributed by atoms with Gasteiger partial charge < -0.3 is 19.7 Å². The van der Waals surface area contributed by atoms with E-state index in [1.165, 1.54) is 18.5 Å². The van der Waals surface area contributed by atoms with Gasteiger partial charge >= 0.3 is 0 Å². The summed E-state index contributed by atoms with van der Waals surface area (Å²) in [7, 11) is 3.34. The zero-order valence-corrected chi connectivity index (χ0v) is 16.2. The summed E-state index contributed by atoms with van der Waals surface area (Å²) in [4.78, 5) is 14.3. The minimum absolute atomic E-state index is 0.257. The van der Waals surface area contributed by atoms with Crippen molar-refractivity contribution in [1.29, 1.82) is 0 Å². The van der Waals surface area contributed by atoms with Gasteiger partial charge in [0.25, 0.3) is 0 Å². The topological polar surface area (TPSA) is 88.2 Å². The molecule has 0 saturated carbocycles. The summed E-state index contributed by atoms with van der Waals surface area (Å²) in [6, 6.07) is 4.99. The van der Waals surface area contributed by atoms with Crippen molar-refractivity contribution in [2.75, 3.05) is 59.5 Å². The molecule has 1 aromatic rings. The molecule has 0 atom stereocenters. The standard InChI is InChI=1S/C16H27N3O5S/c1-18(2)9-6-10-19(25(5,21)22)12-16(20)17-14-11-13(23-3)7-8-15(14)24-4/h7-8,11H,6,9-10,12H2,1-5H3,(H,17,20). The molecule has 1 amide bonds. The highest BCUT2D eigenvalue weighted by Crippen LogP contribution is 2.28. The molecule has 0 aliphatic carbocycles. The van der Waals surface area contributed by atoms with Crippen molar-refractivity contribution in [3.05, 3.63) is 18.2 Å². The van der Waals surface area contributed by atoms with E-state index in [0.29, 0.717) is 23.6 Å². The Labute approximate surface area is 149 Å². The molecule has 9 heteroatoms. The molecule has 0 spiro atoms. The van der Waals surface area contributed by atoms with Crippen molar-refractivity contribution in [1.82, 2.24) is 9.21 Å². The van der Waals surface area contributed by atoms with Gasteiger partial charge in [0.2, 0.25) is 15.9 Å². The van der Waals surface area contributed by atoms with E-state index in [9.17, 15) is 13.2 Å². The number of benzene rings is 1. The van der Waals surface area contributed by atoms with Gasteiger partial charge in [0.1, 0.15) is 11.5 Å². The smallest absolute Gasteiger partial charge is 0.239 e. The molecule has 0 aromatic heterocycles. The van der Waals surface area contributed by atoms with E-state index in [4.69, 9.17) is 9.47 Å². The second kappa shape index (κ2) is 9.59. The Balaban J connectivity index is 2.81. The molecular formula is C16H27N3O5S. The van der Waals surface area contributed by atoms with E-state index in [0.717, 1.165) is 12.8 Å². The van der Waals surface area contributed by atoms with Gasteiger partial charge in [0.05, 0.1) is 32.7 Å². The van der Waals surface area contributed by atoms with Crippen LogP contribution in [-0.4, -0.2) is 77.7 Å². The van der Waals surface area contributed by atoms with Crippen LogP contribution in [0.2, 0.25) is 0 Å². The van der Waals surface area contributed by atoms with Gasteiger partial charge in [0, 0.05) is 12.6 Å².